The van der Waals surface area contributed by atoms with E-state index in [1.165, 1.54) is 13.8 Å². The zero-order chi connectivity index (χ0) is 10.4. The number of rotatable bonds is 4. The average Bonchev–Trinajstić information content (AvgIpc) is 2.03. The van der Waals surface area contributed by atoms with Crippen molar-refractivity contribution in [2.75, 3.05) is 6.61 Å². The first kappa shape index (κ1) is 11.8. The van der Waals surface area contributed by atoms with Gasteiger partial charge in [0.15, 0.2) is 5.83 Å². The lowest BCUT2D eigenvalue weighted by Crippen LogP contribution is -2.11. The summed E-state index contributed by atoms with van der Waals surface area (Å²) in [6.07, 6.45) is -0.523. The lowest BCUT2D eigenvalue weighted by molar-refractivity contribution is -0.145. The summed E-state index contributed by atoms with van der Waals surface area (Å²) in [5.74, 6) is -2.37. The van der Waals surface area contributed by atoms with E-state index in [0.717, 1.165) is 0 Å². The predicted octanol–water partition coefficient (Wildman–Crippen LogP) is 1.77. The van der Waals surface area contributed by atoms with E-state index in [2.05, 4.69) is 4.74 Å². The smallest absolute Gasteiger partial charge is 0.313 e. The minimum atomic E-state index is -0.854. The molecule has 0 amide bonds. The number of Topliss-reactive ketones (excluding diaryl/α,β-unsaturated/α-hetero) is 1. The van der Waals surface area contributed by atoms with Gasteiger partial charge in [0.25, 0.3) is 0 Å². The third-order valence-corrected chi connectivity index (χ3v) is 1.29. The molecule has 0 spiro atoms. The van der Waals surface area contributed by atoms with Gasteiger partial charge in [-0.25, -0.2) is 4.39 Å². The molecule has 0 bridgehead atoms. The zero-order valence-corrected chi connectivity index (χ0v) is 8.02. The maximum atomic E-state index is 12.8. The Balaban J connectivity index is 4.17. The van der Waals surface area contributed by atoms with E-state index in [1.54, 1.807) is 6.92 Å². The first-order chi connectivity index (χ1) is 5.99. The van der Waals surface area contributed by atoms with E-state index in [4.69, 9.17) is 0 Å². The van der Waals surface area contributed by atoms with Crippen LogP contribution in [0.4, 0.5) is 4.39 Å². The van der Waals surface area contributed by atoms with E-state index < -0.39 is 24.0 Å². The standard InChI is InChI=1S/C9H13FO3/c1-4-13-8(12)5-7(11)9(10)6(2)3/h4-5H2,1-3H3. The van der Waals surface area contributed by atoms with Crippen LogP contribution in [0, 0.1) is 0 Å². The van der Waals surface area contributed by atoms with E-state index >= 15 is 0 Å². The van der Waals surface area contributed by atoms with Crippen LogP contribution in [0.1, 0.15) is 27.2 Å². The molecule has 0 aromatic heterocycles. The number of ether oxygens (including phenoxy) is 1. The van der Waals surface area contributed by atoms with E-state index in [1.807, 2.05) is 0 Å². The molecule has 3 nitrogen and oxygen atoms in total. The normalized spacial score (nSPS) is 9.23. The number of hydrogen-bond donors (Lipinski definition) is 0. The van der Waals surface area contributed by atoms with Crippen LogP contribution in [-0.2, 0) is 14.3 Å². The van der Waals surface area contributed by atoms with E-state index in [-0.39, 0.29) is 12.2 Å². The highest BCUT2D eigenvalue weighted by molar-refractivity contribution is 6.04. The summed E-state index contributed by atoms with van der Waals surface area (Å²) in [7, 11) is 0. The van der Waals surface area contributed by atoms with Crippen molar-refractivity contribution in [3.8, 4) is 0 Å². The molecule has 0 aliphatic rings. The van der Waals surface area contributed by atoms with Gasteiger partial charge in [0.05, 0.1) is 6.61 Å². The molecule has 0 rings (SSSR count). The summed E-state index contributed by atoms with van der Waals surface area (Å²) in [5.41, 5.74) is 0.272. The second kappa shape index (κ2) is 5.45. The summed E-state index contributed by atoms with van der Waals surface area (Å²) in [5, 5.41) is 0. The molecule has 74 valence electrons. The molecule has 0 atom stereocenters. The lowest BCUT2D eigenvalue weighted by Gasteiger charge is -2.00. The summed E-state index contributed by atoms with van der Waals surface area (Å²) < 4.78 is 17.3. The molecule has 0 aromatic rings. The first-order valence-corrected chi connectivity index (χ1v) is 4.00. The van der Waals surface area contributed by atoms with Gasteiger partial charge >= 0.3 is 5.97 Å². The molecule has 0 saturated carbocycles. The van der Waals surface area contributed by atoms with E-state index in [9.17, 15) is 14.0 Å². The van der Waals surface area contributed by atoms with Crippen molar-refractivity contribution >= 4 is 11.8 Å². The highest BCUT2D eigenvalue weighted by Gasteiger charge is 2.15. The third-order valence-electron chi connectivity index (χ3n) is 1.29. The van der Waals surface area contributed by atoms with Crippen LogP contribution in [0.15, 0.2) is 11.4 Å². The van der Waals surface area contributed by atoms with Crippen LogP contribution in [0.2, 0.25) is 0 Å². The zero-order valence-electron chi connectivity index (χ0n) is 8.02. The van der Waals surface area contributed by atoms with Crippen molar-refractivity contribution in [1.29, 1.82) is 0 Å². The average molecular weight is 188 g/mol. The van der Waals surface area contributed by atoms with Gasteiger partial charge in [-0.05, 0) is 26.3 Å². The van der Waals surface area contributed by atoms with Crippen LogP contribution in [0.5, 0.6) is 0 Å². The number of allylic oxidation sites excluding steroid dienone is 2. The van der Waals surface area contributed by atoms with Crippen molar-refractivity contribution in [2.24, 2.45) is 0 Å². The number of halogens is 1. The van der Waals surface area contributed by atoms with Crippen molar-refractivity contribution in [3.05, 3.63) is 11.4 Å². The van der Waals surface area contributed by atoms with Crippen LogP contribution in [0.3, 0.4) is 0 Å². The molecule has 13 heavy (non-hydrogen) atoms. The summed E-state index contributed by atoms with van der Waals surface area (Å²) in [6.45, 7) is 4.76. The summed E-state index contributed by atoms with van der Waals surface area (Å²) >= 11 is 0. The number of carbonyl (C=O) groups excluding carboxylic acids is 2. The number of ketones is 1. The first-order valence-electron chi connectivity index (χ1n) is 4.00. The van der Waals surface area contributed by atoms with Gasteiger partial charge in [-0.15, -0.1) is 0 Å². The fraction of sp³-hybridized carbons (Fsp3) is 0.556. The Morgan fingerprint density at radius 3 is 2.23 bits per heavy atom. The Kier molecular flexibility index (Phi) is 4.96. The number of carbonyl (C=O) groups is 2. The van der Waals surface area contributed by atoms with Gasteiger partial charge in [-0.1, -0.05) is 0 Å². The highest BCUT2D eigenvalue weighted by atomic mass is 19.1. The number of hydrogen-bond acceptors (Lipinski definition) is 3. The highest BCUT2D eigenvalue weighted by Crippen LogP contribution is 2.08. The maximum Gasteiger partial charge on any atom is 0.313 e. The molecule has 0 fully saturated rings. The second-order valence-corrected chi connectivity index (χ2v) is 2.72. The maximum absolute atomic E-state index is 12.8. The fourth-order valence-electron chi connectivity index (χ4n) is 0.700. The number of esters is 1. The van der Waals surface area contributed by atoms with Crippen LogP contribution in [0.25, 0.3) is 0 Å². The van der Waals surface area contributed by atoms with Gasteiger partial charge in [0.2, 0.25) is 5.78 Å². The SMILES string of the molecule is CCOC(=O)CC(=O)C(F)=C(C)C. The molecule has 0 aromatic carbocycles. The molecule has 0 radical (unpaired) electrons. The van der Waals surface area contributed by atoms with Gasteiger partial charge in [0.1, 0.15) is 6.42 Å². The van der Waals surface area contributed by atoms with Crippen molar-refractivity contribution < 1.29 is 18.7 Å². The molecule has 0 saturated heterocycles. The molecule has 4 heteroatoms. The molecule has 0 aliphatic heterocycles. The van der Waals surface area contributed by atoms with Gasteiger partial charge < -0.3 is 4.74 Å². The van der Waals surface area contributed by atoms with Crippen LogP contribution in [-0.4, -0.2) is 18.4 Å². The minimum absolute atomic E-state index is 0.197. The van der Waals surface area contributed by atoms with Gasteiger partial charge in [0, 0.05) is 0 Å². The third kappa shape index (κ3) is 4.40. The van der Waals surface area contributed by atoms with Crippen molar-refractivity contribution in [1.82, 2.24) is 0 Å². The lowest BCUT2D eigenvalue weighted by atomic mass is 10.2. The fourth-order valence-corrected chi connectivity index (χ4v) is 0.700. The van der Waals surface area contributed by atoms with Gasteiger partial charge in [-0.2, -0.15) is 0 Å². The monoisotopic (exact) mass is 188 g/mol. The van der Waals surface area contributed by atoms with Gasteiger partial charge in [-0.3, -0.25) is 9.59 Å². The quantitative estimate of drug-likeness (QED) is 0.383. The molecule has 0 aliphatic carbocycles. The van der Waals surface area contributed by atoms with Crippen molar-refractivity contribution in [2.45, 2.75) is 27.2 Å². The Labute approximate surface area is 76.6 Å². The Hall–Kier alpha value is -1.19. The predicted molar refractivity (Wildman–Crippen MR) is 45.7 cm³/mol. The molecular formula is C9H13FO3. The molecule has 0 N–H and O–H groups in total. The van der Waals surface area contributed by atoms with Crippen LogP contribution < -0.4 is 0 Å². The summed E-state index contributed by atoms with van der Waals surface area (Å²) in [6, 6.07) is 0. The summed E-state index contributed by atoms with van der Waals surface area (Å²) in [4.78, 5) is 21.7. The Bertz CT molecular complexity index is 239. The minimum Gasteiger partial charge on any atom is -0.466 e. The Morgan fingerprint density at radius 2 is 1.85 bits per heavy atom. The molecule has 0 heterocycles. The van der Waals surface area contributed by atoms with Crippen LogP contribution >= 0.6 is 0 Å². The second-order valence-electron chi connectivity index (χ2n) is 2.72. The molecule has 0 unspecified atom stereocenters. The molecular weight excluding hydrogens is 175 g/mol. The topological polar surface area (TPSA) is 43.4 Å². The largest absolute Gasteiger partial charge is 0.466 e. The Morgan fingerprint density at radius 1 is 1.31 bits per heavy atom. The van der Waals surface area contributed by atoms with Crippen molar-refractivity contribution in [3.63, 3.8) is 0 Å². The van der Waals surface area contributed by atoms with E-state index in [0.29, 0.717) is 0 Å².